The lowest BCUT2D eigenvalue weighted by atomic mass is 9.89. The Bertz CT molecular complexity index is 716. The lowest BCUT2D eigenvalue weighted by molar-refractivity contribution is -0.157. The number of thioether (sulfide) groups is 1. The number of carbonyl (C=O) groups excluding carboxylic acids is 2. The van der Waals surface area contributed by atoms with E-state index in [2.05, 4.69) is 10.6 Å². The summed E-state index contributed by atoms with van der Waals surface area (Å²) >= 11 is 1.58. The van der Waals surface area contributed by atoms with Crippen molar-refractivity contribution < 1.29 is 19.1 Å². The van der Waals surface area contributed by atoms with Crippen LogP contribution in [0, 0.1) is 0 Å². The Labute approximate surface area is 176 Å². The largest absolute Gasteiger partial charge is 0.460 e. The van der Waals surface area contributed by atoms with Crippen LogP contribution in [0.1, 0.15) is 39.2 Å². The summed E-state index contributed by atoms with van der Waals surface area (Å²) in [5.74, 6) is -0.771. The van der Waals surface area contributed by atoms with Gasteiger partial charge in [0.1, 0.15) is 24.3 Å². The van der Waals surface area contributed by atoms with E-state index < -0.39 is 29.0 Å². The number of rotatable bonds is 5. The third-order valence-electron chi connectivity index (χ3n) is 5.13. The van der Waals surface area contributed by atoms with E-state index >= 15 is 0 Å². The fraction of sp³-hybridized carbons (Fsp3) is 0.619. The van der Waals surface area contributed by atoms with Gasteiger partial charge in [0.05, 0.1) is 5.37 Å². The quantitative estimate of drug-likeness (QED) is 0.616. The van der Waals surface area contributed by atoms with Crippen LogP contribution in [0.15, 0.2) is 30.3 Å². The standard InChI is InChI=1S/C21H31N3O4S/c1-20(2,3)28-18(25)15(22)17-24-16(21(29-17)9-11-23-12-10-21)19(26)27-13-14-7-5-4-6-8-14/h4-8,15-17,23-24H,9-13,22H2,1-3H3. The fourth-order valence-electron chi connectivity index (χ4n) is 3.69. The van der Waals surface area contributed by atoms with E-state index in [4.69, 9.17) is 15.2 Å². The summed E-state index contributed by atoms with van der Waals surface area (Å²) in [7, 11) is 0. The molecule has 1 aromatic rings. The first-order valence-electron chi connectivity index (χ1n) is 10.0. The van der Waals surface area contributed by atoms with Gasteiger partial charge in [-0.15, -0.1) is 11.8 Å². The van der Waals surface area contributed by atoms with Gasteiger partial charge in [-0.1, -0.05) is 30.3 Å². The maximum Gasteiger partial charge on any atom is 0.325 e. The molecule has 0 aromatic heterocycles. The highest BCUT2D eigenvalue weighted by Gasteiger charge is 2.54. The predicted octanol–water partition coefficient (Wildman–Crippen LogP) is 1.55. The monoisotopic (exact) mass is 421 g/mol. The number of nitrogens with two attached hydrogens (primary N) is 1. The van der Waals surface area contributed by atoms with Gasteiger partial charge in [0.15, 0.2) is 0 Å². The Morgan fingerprint density at radius 3 is 2.52 bits per heavy atom. The average Bonchev–Trinajstić information content (AvgIpc) is 3.04. The maximum atomic E-state index is 13.0. The summed E-state index contributed by atoms with van der Waals surface area (Å²) in [4.78, 5) is 25.5. The van der Waals surface area contributed by atoms with Gasteiger partial charge in [-0.25, -0.2) is 0 Å². The van der Waals surface area contributed by atoms with E-state index in [1.165, 1.54) is 0 Å². The zero-order valence-electron chi connectivity index (χ0n) is 17.3. The molecule has 1 spiro atoms. The van der Waals surface area contributed by atoms with E-state index in [1.807, 2.05) is 51.1 Å². The first-order chi connectivity index (χ1) is 13.7. The van der Waals surface area contributed by atoms with Crippen molar-refractivity contribution in [3.05, 3.63) is 35.9 Å². The molecule has 3 atom stereocenters. The Kier molecular flexibility index (Phi) is 6.88. The average molecular weight is 422 g/mol. The molecule has 7 nitrogen and oxygen atoms in total. The Morgan fingerprint density at radius 2 is 1.90 bits per heavy atom. The van der Waals surface area contributed by atoms with Crippen LogP contribution in [-0.4, -0.2) is 52.8 Å². The molecule has 3 rings (SSSR count). The third kappa shape index (κ3) is 5.51. The molecular weight excluding hydrogens is 390 g/mol. The molecule has 8 heteroatoms. The minimum Gasteiger partial charge on any atom is -0.460 e. The van der Waals surface area contributed by atoms with Crippen LogP contribution >= 0.6 is 11.8 Å². The number of carbonyl (C=O) groups is 2. The van der Waals surface area contributed by atoms with Crippen LogP contribution in [0.3, 0.4) is 0 Å². The lowest BCUT2D eigenvalue weighted by Crippen LogP contribution is -2.55. The van der Waals surface area contributed by atoms with Gasteiger partial charge in [-0.2, -0.15) is 0 Å². The van der Waals surface area contributed by atoms with Gasteiger partial charge in [0.2, 0.25) is 0 Å². The van der Waals surface area contributed by atoms with Crippen molar-refractivity contribution in [1.29, 1.82) is 0 Å². The minimum absolute atomic E-state index is 0.222. The molecule has 3 unspecified atom stereocenters. The fourth-order valence-corrected chi connectivity index (χ4v) is 5.40. The third-order valence-corrected chi connectivity index (χ3v) is 6.93. The van der Waals surface area contributed by atoms with E-state index in [0.29, 0.717) is 0 Å². The van der Waals surface area contributed by atoms with Crippen molar-refractivity contribution in [2.45, 2.75) is 68.0 Å². The molecule has 2 aliphatic rings. The predicted molar refractivity (Wildman–Crippen MR) is 113 cm³/mol. The summed E-state index contributed by atoms with van der Waals surface area (Å²) in [6.07, 6.45) is 1.60. The van der Waals surface area contributed by atoms with Crippen molar-refractivity contribution in [1.82, 2.24) is 10.6 Å². The van der Waals surface area contributed by atoms with Gasteiger partial charge in [0.25, 0.3) is 0 Å². The van der Waals surface area contributed by atoms with Crippen LogP contribution in [-0.2, 0) is 25.7 Å². The molecule has 29 heavy (non-hydrogen) atoms. The first kappa shape index (κ1) is 22.1. The highest BCUT2D eigenvalue weighted by molar-refractivity contribution is 8.01. The summed E-state index contributed by atoms with van der Waals surface area (Å²) in [5, 5.41) is 6.22. The number of hydrogen-bond acceptors (Lipinski definition) is 8. The van der Waals surface area contributed by atoms with E-state index in [-0.39, 0.29) is 17.3 Å². The molecular formula is C21H31N3O4S. The van der Waals surface area contributed by atoms with Crippen molar-refractivity contribution in [3.8, 4) is 0 Å². The topological polar surface area (TPSA) is 103 Å². The summed E-state index contributed by atoms with van der Waals surface area (Å²) in [6.45, 7) is 7.28. The number of benzene rings is 1. The molecule has 2 fully saturated rings. The molecule has 0 amide bonds. The van der Waals surface area contributed by atoms with E-state index in [1.54, 1.807) is 11.8 Å². The van der Waals surface area contributed by atoms with Crippen LogP contribution < -0.4 is 16.4 Å². The number of nitrogens with one attached hydrogen (secondary N) is 2. The van der Waals surface area contributed by atoms with Crippen molar-refractivity contribution in [3.63, 3.8) is 0 Å². The normalized spacial score (nSPS) is 24.8. The Hall–Kier alpha value is -1.61. The summed E-state index contributed by atoms with van der Waals surface area (Å²) in [6, 6.07) is 8.22. The van der Waals surface area contributed by atoms with Gasteiger partial charge < -0.3 is 20.5 Å². The second-order valence-corrected chi connectivity index (χ2v) is 10.2. The first-order valence-corrected chi connectivity index (χ1v) is 10.9. The highest BCUT2D eigenvalue weighted by Crippen LogP contribution is 2.46. The van der Waals surface area contributed by atoms with Crippen LogP contribution in [0.5, 0.6) is 0 Å². The van der Waals surface area contributed by atoms with Gasteiger partial charge in [0, 0.05) is 4.75 Å². The molecule has 0 radical (unpaired) electrons. The van der Waals surface area contributed by atoms with E-state index in [9.17, 15) is 9.59 Å². The Morgan fingerprint density at radius 1 is 1.24 bits per heavy atom. The summed E-state index contributed by atoms with van der Waals surface area (Å²) in [5.41, 5.74) is 6.55. The van der Waals surface area contributed by atoms with Gasteiger partial charge in [-0.3, -0.25) is 14.9 Å². The minimum atomic E-state index is -0.863. The highest BCUT2D eigenvalue weighted by atomic mass is 32.2. The van der Waals surface area contributed by atoms with Crippen LogP contribution in [0.4, 0.5) is 0 Å². The SMILES string of the molecule is CC(C)(C)OC(=O)C(N)C1NC(C(=O)OCc2ccccc2)C2(CCNCC2)S1. The van der Waals surface area contributed by atoms with Crippen molar-refractivity contribution in [2.24, 2.45) is 5.73 Å². The number of esters is 2. The molecule has 0 aliphatic carbocycles. The molecule has 0 saturated carbocycles. The molecule has 1 aromatic carbocycles. The Balaban J connectivity index is 1.70. The molecule has 2 heterocycles. The number of piperidine rings is 1. The van der Waals surface area contributed by atoms with Crippen molar-refractivity contribution in [2.75, 3.05) is 13.1 Å². The van der Waals surface area contributed by atoms with Crippen molar-refractivity contribution >= 4 is 23.7 Å². The van der Waals surface area contributed by atoms with Crippen LogP contribution in [0.25, 0.3) is 0 Å². The van der Waals surface area contributed by atoms with Crippen LogP contribution in [0.2, 0.25) is 0 Å². The summed E-state index contributed by atoms with van der Waals surface area (Å²) < 4.78 is 10.7. The zero-order valence-corrected chi connectivity index (χ0v) is 18.1. The number of ether oxygens (including phenoxy) is 2. The lowest BCUT2D eigenvalue weighted by Gasteiger charge is -2.36. The second-order valence-electron chi connectivity index (χ2n) is 8.61. The molecule has 160 valence electrons. The number of hydrogen-bond donors (Lipinski definition) is 3. The smallest absolute Gasteiger partial charge is 0.325 e. The molecule has 0 bridgehead atoms. The zero-order chi connectivity index (χ0) is 21.1. The molecule has 2 saturated heterocycles. The maximum absolute atomic E-state index is 13.0. The van der Waals surface area contributed by atoms with E-state index in [0.717, 1.165) is 31.5 Å². The molecule has 4 N–H and O–H groups in total. The second kappa shape index (κ2) is 9.04. The van der Waals surface area contributed by atoms with Gasteiger partial charge in [-0.05, 0) is 52.3 Å². The van der Waals surface area contributed by atoms with Gasteiger partial charge >= 0.3 is 11.9 Å². The molecule has 2 aliphatic heterocycles.